The average molecular weight is 266 g/mol. The van der Waals surface area contributed by atoms with Crippen molar-refractivity contribution in [3.05, 3.63) is 46.0 Å². The molecule has 0 aliphatic rings. The van der Waals surface area contributed by atoms with Crippen molar-refractivity contribution in [2.45, 2.75) is 6.54 Å². The molecule has 0 radical (unpaired) electrons. The number of ether oxygens (including phenoxy) is 1. The Kier molecular flexibility index (Phi) is 3.60. The van der Waals surface area contributed by atoms with Gasteiger partial charge < -0.3 is 10.1 Å². The molecule has 0 aliphatic heterocycles. The molecule has 1 aromatic carbocycles. The minimum absolute atomic E-state index is 0.00138. The van der Waals surface area contributed by atoms with Crippen LogP contribution in [0.1, 0.15) is 5.69 Å². The van der Waals surface area contributed by atoms with Gasteiger partial charge in [-0.15, -0.1) is 0 Å². The molecule has 2 rings (SSSR count). The van der Waals surface area contributed by atoms with Crippen LogP contribution in [0.3, 0.4) is 0 Å². The lowest BCUT2D eigenvalue weighted by atomic mass is 10.2. The van der Waals surface area contributed by atoms with Crippen LogP contribution in [0.5, 0.6) is 5.75 Å². The lowest BCUT2D eigenvalue weighted by Gasteiger charge is -2.09. The summed E-state index contributed by atoms with van der Waals surface area (Å²) >= 11 is 0. The molecular weight excluding hydrogens is 255 g/mol. The number of rotatable bonds is 5. The number of H-pyrrole nitrogens is 1. The Bertz CT molecular complexity index is 586. The first-order valence-electron chi connectivity index (χ1n) is 5.36. The van der Waals surface area contributed by atoms with Crippen LogP contribution in [0, 0.1) is 15.9 Å². The summed E-state index contributed by atoms with van der Waals surface area (Å²) in [5.74, 6) is -0.717. The maximum Gasteiger partial charge on any atom is 0.313 e. The molecule has 19 heavy (non-hydrogen) atoms. The van der Waals surface area contributed by atoms with Gasteiger partial charge in [0.2, 0.25) is 0 Å². The Morgan fingerprint density at radius 1 is 1.58 bits per heavy atom. The molecule has 0 saturated heterocycles. The summed E-state index contributed by atoms with van der Waals surface area (Å²) in [6.07, 6.45) is 1.57. The van der Waals surface area contributed by atoms with E-state index in [1.54, 1.807) is 12.3 Å². The topological polar surface area (TPSA) is 93.1 Å². The van der Waals surface area contributed by atoms with E-state index in [1.807, 2.05) is 0 Å². The largest absolute Gasteiger partial charge is 0.490 e. The highest BCUT2D eigenvalue weighted by atomic mass is 19.1. The Morgan fingerprint density at radius 2 is 2.37 bits per heavy atom. The molecule has 0 spiro atoms. The van der Waals surface area contributed by atoms with Gasteiger partial charge in [-0.3, -0.25) is 15.2 Å². The number of nitro benzene ring substituents is 1. The number of benzene rings is 1. The zero-order valence-electron chi connectivity index (χ0n) is 10.0. The first kappa shape index (κ1) is 12.8. The highest BCUT2D eigenvalue weighted by Crippen LogP contribution is 2.32. The smallest absolute Gasteiger partial charge is 0.313 e. The van der Waals surface area contributed by atoms with E-state index in [2.05, 4.69) is 15.5 Å². The lowest BCUT2D eigenvalue weighted by Crippen LogP contribution is -2.04. The van der Waals surface area contributed by atoms with Gasteiger partial charge in [0.25, 0.3) is 0 Å². The Morgan fingerprint density at radius 3 is 2.95 bits per heavy atom. The molecule has 0 atom stereocenters. The van der Waals surface area contributed by atoms with E-state index in [1.165, 1.54) is 13.2 Å². The van der Waals surface area contributed by atoms with Crippen LogP contribution >= 0.6 is 0 Å². The number of halogens is 1. The molecule has 0 aliphatic carbocycles. The molecule has 100 valence electrons. The number of anilines is 1. The van der Waals surface area contributed by atoms with E-state index in [4.69, 9.17) is 4.74 Å². The Balaban J connectivity index is 2.23. The van der Waals surface area contributed by atoms with Gasteiger partial charge in [-0.2, -0.15) is 5.10 Å². The number of aromatic nitrogens is 2. The number of hydrogen-bond acceptors (Lipinski definition) is 5. The number of nitrogens with zero attached hydrogens (tertiary/aromatic N) is 2. The van der Waals surface area contributed by atoms with E-state index in [-0.39, 0.29) is 11.4 Å². The van der Waals surface area contributed by atoms with Gasteiger partial charge in [-0.25, -0.2) is 4.39 Å². The fraction of sp³-hybridized carbons (Fsp3) is 0.182. The normalized spacial score (nSPS) is 10.2. The molecule has 2 aromatic rings. The molecular formula is C11H11FN4O3. The maximum absolute atomic E-state index is 13.7. The molecule has 1 heterocycles. The summed E-state index contributed by atoms with van der Waals surface area (Å²) in [7, 11) is 1.29. The van der Waals surface area contributed by atoms with Gasteiger partial charge in [0, 0.05) is 12.3 Å². The van der Waals surface area contributed by atoms with E-state index in [0.717, 1.165) is 11.8 Å². The van der Waals surface area contributed by atoms with Crippen LogP contribution in [0.2, 0.25) is 0 Å². The van der Waals surface area contributed by atoms with Crippen molar-refractivity contribution in [3.8, 4) is 5.75 Å². The van der Waals surface area contributed by atoms with Crippen LogP contribution in [-0.2, 0) is 6.54 Å². The van der Waals surface area contributed by atoms with Gasteiger partial charge in [0.1, 0.15) is 0 Å². The van der Waals surface area contributed by atoms with Gasteiger partial charge in [0.15, 0.2) is 11.6 Å². The van der Waals surface area contributed by atoms with E-state index in [0.29, 0.717) is 6.54 Å². The quantitative estimate of drug-likeness (QED) is 0.638. The predicted molar refractivity (Wildman–Crippen MR) is 65.5 cm³/mol. The zero-order valence-corrected chi connectivity index (χ0v) is 10.0. The third-order valence-corrected chi connectivity index (χ3v) is 2.49. The van der Waals surface area contributed by atoms with Gasteiger partial charge >= 0.3 is 5.69 Å². The van der Waals surface area contributed by atoms with Gasteiger partial charge in [-0.05, 0) is 6.07 Å². The first-order valence-corrected chi connectivity index (χ1v) is 5.36. The zero-order chi connectivity index (χ0) is 13.8. The molecule has 1 aromatic heterocycles. The van der Waals surface area contributed by atoms with Crippen molar-refractivity contribution >= 4 is 11.4 Å². The molecule has 0 saturated carbocycles. The van der Waals surface area contributed by atoms with Crippen molar-refractivity contribution in [1.29, 1.82) is 0 Å². The SMILES string of the molecule is COc1cc(NCc2ccn[nH]2)c(F)cc1[N+](=O)[O-]. The minimum Gasteiger partial charge on any atom is -0.490 e. The molecule has 0 amide bonds. The summed E-state index contributed by atoms with van der Waals surface area (Å²) in [5, 5.41) is 20.0. The second-order valence-corrected chi connectivity index (χ2v) is 3.70. The molecule has 0 fully saturated rings. The fourth-order valence-electron chi connectivity index (χ4n) is 1.56. The van der Waals surface area contributed by atoms with Crippen molar-refractivity contribution in [2.24, 2.45) is 0 Å². The van der Waals surface area contributed by atoms with Crippen LogP contribution in [0.15, 0.2) is 24.4 Å². The third-order valence-electron chi connectivity index (χ3n) is 2.49. The Hall–Kier alpha value is -2.64. The highest BCUT2D eigenvalue weighted by molar-refractivity contribution is 5.59. The number of nitro groups is 1. The van der Waals surface area contributed by atoms with Crippen LogP contribution in [-0.4, -0.2) is 22.2 Å². The fourth-order valence-corrected chi connectivity index (χ4v) is 1.56. The first-order chi connectivity index (χ1) is 9.11. The summed E-state index contributed by atoms with van der Waals surface area (Å²) in [6, 6.07) is 3.81. The summed E-state index contributed by atoms with van der Waals surface area (Å²) < 4.78 is 18.6. The number of hydrogen-bond donors (Lipinski definition) is 2. The number of methoxy groups -OCH3 is 1. The number of nitrogens with one attached hydrogen (secondary N) is 2. The van der Waals surface area contributed by atoms with Gasteiger partial charge in [-0.1, -0.05) is 0 Å². The van der Waals surface area contributed by atoms with Gasteiger partial charge in [0.05, 0.1) is 36.0 Å². The van der Waals surface area contributed by atoms with Crippen molar-refractivity contribution in [1.82, 2.24) is 10.2 Å². The summed E-state index contributed by atoms with van der Waals surface area (Å²) in [4.78, 5) is 10.0. The number of aromatic amines is 1. The molecule has 7 nitrogen and oxygen atoms in total. The van der Waals surface area contributed by atoms with E-state index in [9.17, 15) is 14.5 Å². The molecule has 2 N–H and O–H groups in total. The van der Waals surface area contributed by atoms with E-state index >= 15 is 0 Å². The monoisotopic (exact) mass is 266 g/mol. The standard InChI is InChI=1S/C11H11FN4O3/c1-19-11-5-9(8(12)4-10(11)16(17)18)13-6-7-2-3-14-15-7/h2-5,13H,6H2,1H3,(H,14,15). The summed E-state index contributed by atoms with van der Waals surface area (Å²) in [6.45, 7) is 0.317. The second kappa shape index (κ2) is 5.34. The third kappa shape index (κ3) is 2.79. The average Bonchev–Trinajstić information content (AvgIpc) is 2.90. The lowest BCUT2D eigenvalue weighted by molar-refractivity contribution is -0.385. The predicted octanol–water partition coefficient (Wildman–Crippen LogP) is 2.08. The molecule has 0 unspecified atom stereocenters. The molecule has 0 bridgehead atoms. The van der Waals surface area contributed by atoms with Crippen molar-refractivity contribution < 1.29 is 14.1 Å². The van der Waals surface area contributed by atoms with E-state index < -0.39 is 16.4 Å². The highest BCUT2D eigenvalue weighted by Gasteiger charge is 2.19. The summed E-state index contributed by atoms with van der Waals surface area (Å²) in [5.41, 5.74) is 0.473. The van der Waals surface area contributed by atoms with Crippen LogP contribution in [0.4, 0.5) is 15.8 Å². The minimum atomic E-state index is -0.716. The molecule has 8 heteroatoms. The van der Waals surface area contributed by atoms with Crippen LogP contribution < -0.4 is 10.1 Å². The second-order valence-electron chi connectivity index (χ2n) is 3.70. The van der Waals surface area contributed by atoms with Crippen molar-refractivity contribution in [2.75, 3.05) is 12.4 Å². The Labute approximate surface area is 107 Å². The van der Waals surface area contributed by atoms with Crippen LogP contribution in [0.25, 0.3) is 0 Å². The van der Waals surface area contributed by atoms with Crippen molar-refractivity contribution in [3.63, 3.8) is 0 Å². The maximum atomic E-state index is 13.7.